The van der Waals surface area contributed by atoms with Crippen molar-refractivity contribution in [2.24, 2.45) is 0 Å². The number of hydrogen-bond donors (Lipinski definition) is 3. The second kappa shape index (κ2) is 7.59. The molecular weight excluding hydrogens is 354 g/mol. The molecule has 0 atom stereocenters. The third-order valence-electron chi connectivity index (χ3n) is 3.80. The van der Waals surface area contributed by atoms with E-state index in [2.05, 4.69) is 15.2 Å². The SMILES string of the molecule is CCOc1ccc(S(=O)(=O)NNC(=O)Cc2c[nH]c3ccccc23)cc1. The van der Waals surface area contributed by atoms with Crippen LogP contribution in [0, 0.1) is 0 Å². The van der Waals surface area contributed by atoms with Crippen LogP contribution in [0.2, 0.25) is 0 Å². The van der Waals surface area contributed by atoms with Crippen LogP contribution < -0.4 is 15.0 Å². The molecule has 0 saturated heterocycles. The fraction of sp³-hybridized carbons (Fsp3) is 0.167. The Balaban J connectivity index is 1.62. The average Bonchev–Trinajstić information content (AvgIpc) is 3.04. The molecule has 0 aliphatic carbocycles. The molecule has 0 fully saturated rings. The number of H-pyrrole nitrogens is 1. The second-order valence-corrected chi connectivity index (χ2v) is 7.28. The third-order valence-corrected chi connectivity index (χ3v) is 5.06. The molecule has 1 heterocycles. The first-order valence-corrected chi connectivity index (χ1v) is 9.56. The van der Waals surface area contributed by atoms with E-state index in [4.69, 9.17) is 4.74 Å². The number of aromatic amines is 1. The Hall–Kier alpha value is -2.84. The predicted molar refractivity (Wildman–Crippen MR) is 98.1 cm³/mol. The molecule has 0 unspecified atom stereocenters. The fourth-order valence-electron chi connectivity index (χ4n) is 2.56. The zero-order valence-electron chi connectivity index (χ0n) is 14.2. The van der Waals surface area contributed by atoms with Gasteiger partial charge in [-0.3, -0.25) is 10.2 Å². The van der Waals surface area contributed by atoms with Gasteiger partial charge in [-0.15, -0.1) is 4.83 Å². The van der Waals surface area contributed by atoms with Crippen molar-refractivity contribution in [1.29, 1.82) is 0 Å². The Morgan fingerprint density at radius 1 is 1.12 bits per heavy atom. The predicted octanol–water partition coefficient (Wildman–Crippen LogP) is 2.12. The summed E-state index contributed by atoms with van der Waals surface area (Å²) in [5, 5.41) is 0.928. The number of nitrogens with one attached hydrogen (secondary N) is 3. The number of benzene rings is 2. The summed E-state index contributed by atoms with van der Waals surface area (Å²) in [5.41, 5.74) is 3.95. The number of rotatable bonds is 7. The van der Waals surface area contributed by atoms with E-state index in [9.17, 15) is 13.2 Å². The van der Waals surface area contributed by atoms with Crippen molar-refractivity contribution in [3.05, 3.63) is 60.3 Å². The molecule has 2 aromatic carbocycles. The van der Waals surface area contributed by atoms with E-state index >= 15 is 0 Å². The smallest absolute Gasteiger partial charge is 0.257 e. The molecule has 0 bridgehead atoms. The number of hydrazine groups is 1. The molecule has 0 aliphatic rings. The Bertz CT molecular complexity index is 1010. The molecule has 0 spiro atoms. The number of aromatic nitrogens is 1. The number of hydrogen-bond acceptors (Lipinski definition) is 4. The van der Waals surface area contributed by atoms with Gasteiger partial charge in [0.1, 0.15) is 5.75 Å². The van der Waals surface area contributed by atoms with E-state index in [1.54, 1.807) is 18.3 Å². The highest BCUT2D eigenvalue weighted by molar-refractivity contribution is 7.89. The first-order valence-electron chi connectivity index (χ1n) is 8.08. The van der Waals surface area contributed by atoms with Crippen LogP contribution in [0.15, 0.2) is 59.6 Å². The van der Waals surface area contributed by atoms with E-state index in [-0.39, 0.29) is 11.3 Å². The summed E-state index contributed by atoms with van der Waals surface area (Å²) in [6.07, 6.45) is 1.79. The van der Waals surface area contributed by atoms with Gasteiger partial charge < -0.3 is 9.72 Å². The maximum Gasteiger partial charge on any atom is 0.257 e. The largest absolute Gasteiger partial charge is 0.494 e. The molecule has 3 aromatic rings. The van der Waals surface area contributed by atoms with Crippen molar-refractivity contribution in [2.75, 3.05) is 6.61 Å². The lowest BCUT2D eigenvalue weighted by molar-refractivity contribution is -0.120. The van der Waals surface area contributed by atoms with E-state index in [1.807, 2.05) is 31.2 Å². The van der Waals surface area contributed by atoms with Crippen molar-refractivity contribution >= 4 is 26.8 Å². The van der Waals surface area contributed by atoms with Gasteiger partial charge in [0, 0.05) is 17.1 Å². The monoisotopic (exact) mass is 373 g/mol. The third kappa shape index (κ3) is 4.04. The van der Waals surface area contributed by atoms with E-state index in [1.165, 1.54) is 12.1 Å². The minimum atomic E-state index is -3.85. The van der Waals surface area contributed by atoms with Crippen LogP contribution in [0.3, 0.4) is 0 Å². The van der Waals surface area contributed by atoms with Crippen LogP contribution in [-0.4, -0.2) is 25.9 Å². The summed E-state index contributed by atoms with van der Waals surface area (Å²) in [4.78, 5) is 17.3. The summed E-state index contributed by atoms with van der Waals surface area (Å²) in [6.45, 7) is 2.34. The van der Waals surface area contributed by atoms with Gasteiger partial charge in [-0.1, -0.05) is 18.2 Å². The van der Waals surface area contributed by atoms with E-state index < -0.39 is 15.9 Å². The number of fused-ring (bicyclic) bond motifs is 1. The first kappa shape index (κ1) is 18.0. The molecule has 8 heteroatoms. The molecule has 0 aliphatic heterocycles. The highest BCUT2D eigenvalue weighted by Crippen LogP contribution is 2.18. The number of sulfonamides is 1. The van der Waals surface area contributed by atoms with Crippen molar-refractivity contribution in [1.82, 2.24) is 15.2 Å². The minimum absolute atomic E-state index is 0.0355. The molecule has 0 radical (unpaired) electrons. The lowest BCUT2D eigenvalue weighted by atomic mass is 10.1. The van der Waals surface area contributed by atoms with Crippen LogP contribution >= 0.6 is 0 Å². The summed E-state index contributed by atoms with van der Waals surface area (Å²) in [7, 11) is -3.85. The fourth-order valence-corrected chi connectivity index (χ4v) is 3.42. The molecular formula is C18H19N3O4S. The lowest BCUT2D eigenvalue weighted by Gasteiger charge is -2.09. The van der Waals surface area contributed by atoms with Crippen LogP contribution in [0.25, 0.3) is 10.9 Å². The van der Waals surface area contributed by atoms with Gasteiger partial charge >= 0.3 is 0 Å². The Kier molecular flexibility index (Phi) is 5.24. The molecule has 136 valence electrons. The topological polar surface area (TPSA) is 100 Å². The zero-order chi connectivity index (χ0) is 18.6. The van der Waals surface area contributed by atoms with Gasteiger partial charge in [-0.25, -0.2) is 8.42 Å². The van der Waals surface area contributed by atoms with Crippen LogP contribution in [0.4, 0.5) is 0 Å². The van der Waals surface area contributed by atoms with E-state index in [0.29, 0.717) is 12.4 Å². The second-order valence-electron chi connectivity index (χ2n) is 5.59. The summed E-state index contributed by atoms with van der Waals surface area (Å²) in [5.74, 6) is 0.124. The summed E-state index contributed by atoms with van der Waals surface area (Å²) >= 11 is 0. The molecule has 26 heavy (non-hydrogen) atoms. The highest BCUT2D eigenvalue weighted by Gasteiger charge is 2.16. The summed E-state index contributed by atoms with van der Waals surface area (Å²) < 4.78 is 29.8. The van der Waals surface area contributed by atoms with Gasteiger partial charge in [0.05, 0.1) is 17.9 Å². The summed E-state index contributed by atoms with van der Waals surface area (Å²) in [6, 6.07) is 13.5. The van der Waals surface area contributed by atoms with E-state index in [0.717, 1.165) is 16.5 Å². The van der Waals surface area contributed by atoms with Crippen molar-refractivity contribution in [3.8, 4) is 5.75 Å². The van der Waals surface area contributed by atoms with Crippen molar-refractivity contribution in [3.63, 3.8) is 0 Å². The van der Waals surface area contributed by atoms with Gasteiger partial charge in [-0.05, 0) is 42.8 Å². The Labute approximate surface area is 151 Å². The Morgan fingerprint density at radius 3 is 2.58 bits per heavy atom. The number of carbonyl (C=O) groups excluding carboxylic acids is 1. The van der Waals surface area contributed by atoms with Crippen molar-refractivity contribution < 1.29 is 17.9 Å². The number of amides is 1. The Morgan fingerprint density at radius 2 is 1.85 bits per heavy atom. The number of carbonyl (C=O) groups is 1. The molecule has 7 nitrogen and oxygen atoms in total. The molecule has 1 aromatic heterocycles. The van der Waals surface area contributed by atoms with Crippen LogP contribution in [-0.2, 0) is 21.2 Å². The minimum Gasteiger partial charge on any atom is -0.494 e. The van der Waals surface area contributed by atoms with Crippen LogP contribution in [0.5, 0.6) is 5.75 Å². The first-order chi connectivity index (χ1) is 12.5. The van der Waals surface area contributed by atoms with Crippen molar-refractivity contribution in [2.45, 2.75) is 18.2 Å². The standard InChI is InChI=1S/C18H19N3O4S/c1-2-25-14-7-9-15(10-8-14)26(23,24)21-20-18(22)11-13-12-19-17-6-4-3-5-16(13)17/h3-10,12,19,21H,2,11H2,1H3,(H,20,22). The van der Waals surface area contributed by atoms with Gasteiger partial charge in [-0.2, -0.15) is 0 Å². The maximum absolute atomic E-state index is 12.2. The number of para-hydroxylation sites is 1. The lowest BCUT2D eigenvalue weighted by Crippen LogP contribution is -2.42. The number of ether oxygens (including phenoxy) is 1. The molecule has 0 saturated carbocycles. The van der Waals surface area contributed by atoms with Gasteiger partial charge in [0.2, 0.25) is 5.91 Å². The maximum atomic E-state index is 12.2. The van der Waals surface area contributed by atoms with Crippen LogP contribution in [0.1, 0.15) is 12.5 Å². The normalized spacial score (nSPS) is 11.4. The zero-order valence-corrected chi connectivity index (χ0v) is 15.0. The quantitative estimate of drug-likeness (QED) is 0.552. The highest BCUT2D eigenvalue weighted by atomic mass is 32.2. The molecule has 1 amide bonds. The average molecular weight is 373 g/mol. The molecule has 3 rings (SSSR count). The molecule has 3 N–H and O–H groups in total. The van der Waals surface area contributed by atoms with Gasteiger partial charge in [0.15, 0.2) is 0 Å². The van der Waals surface area contributed by atoms with Gasteiger partial charge in [0.25, 0.3) is 10.0 Å².